The van der Waals surface area contributed by atoms with E-state index in [1.54, 1.807) is 18.2 Å². The first-order valence-corrected chi connectivity index (χ1v) is 11.8. The van der Waals surface area contributed by atoms with E-state index in [9.17, 15) is 9.59 Å². The van der Waals surface area contributed by atoms with E-state index < -0.39 is 5.91 Å². The number of thioether (sulfide) groups is 1. The van der Waals surface area contributed by atoms with Crippen molar-refractivity contribution in [3.63, 3.8) is 0 Å². The lowest BCUT2D eigenvalue weighted by atomic mass is 10.1. The summed E-state index contributed by atoms with van der Waals surface area (Å²) in [5.74, 6) is 0.0656. The van der Waals surface area contributed by atoms with E-state index in [0.29, 0.717) is 33.1 Å². The van der Waals surface area contributed by atoms with E-state index in [2.05, 4.69) is 22.1 Å². The first-order valence-electron chi connectivity index (χ1n) is 9.65. The number of primary amides is 1. The van der Waals surface area contributed by atoms with Gasteiger partial charge in [-0.15, -0.1) is 28.1 Å². The molecule has 1 aliphatic rings. The predicted octanol–water partition coefficient (Wildman–Crippen LogP) is 4.16. The number of aryl methyl sites for hydroxylation is 1. The minimum atomic E-state index is -0.499. The summed E-state index contributed by atoms with van der Waals surface area (Å²) in [6, 6.07) is 7.32. The molecule has 3 aromatic rings. The Bertz CT molecular complexity index is 1150. The van der Waals surface area contributed by atoms with Crippen molar-refractivity contribution in [2.45, 2.75) is 31.0 Å². The van der Waals surface area contributed by atoms with Gasteiger partial charge in [0, 0.05) is 22.0 Å². The van der Waals surface area contributed by atoms with Gasteiger partial charge in [0.15, 0.2) is 11.0 Å². The largest absolute Gasteiger partial charge is 0.365 e. The number of halogens is 1. The van der Waals surface area contributed by atoms with Crippen molar-refractivity contribution in [3.05, 3.63) is 57.9 Å². The van der Waals surface area contributed by atoms with Gasteiger partial charge < -0.3 is 11.1 Å². The number of amides is 2. The third-order valence-corrected chi connectivity index (χ3v) is 7.31. The molecule has 7 nitrogen and oxygen atoms in total. The van der Waals surface area contributed by atoms with Gasteiger partial charge in [0.25, 0.3) is 5.91 Å². The standard InChI is InChI=1S/C21H20ClN5O2S2/c1-2-10-27-19(12-6-8-13(22)9-7-12)25-26-21(27)30-11-16(28)24-20-17(18(23)29)14-4-3-5-15(14)31-20/h2,6-9H,1,3-5,10-11H2,(H2,23,29)(H,24,28). The number of nitrogens with two attached hydrogens (primary N) is 1. The van der Waals surface area contributed by atoms with Crippen molar-refractivity contribution >= 4 is 51.5 Å². The quantitative estimate of drug-likeness (QED) is 0.377. The third-order valence-electron chi connectivity index (χ3n) is 4.88. The molecule has 10 heteroatoms. The fourth-order valence-electron chi connectivity index (χ4n) is 3.55. The molecule has 0 unspecified atom stereocenters. The second kappa shape index (κ2) is 9.25. The van der Waals surface area contributed by atoms with Crippen molar-refractivity contribution < 1.29 is 9.59 Å². The van der Waals surface area contributed by atoms with Crippen molar-refractivity contribution in [3.8, 4) is 11.4 Å². The van der Waals surface area contributed by atoms with Crippen LogP contribution in [-0.2, 0) is 24.2 Å². The van der Waals surface area contributed by atoms with Gasteiger partial charge in [0.05, 0.1) is 11.3 Å². The molecule has 2 aromatic heterocycles. The predicted molar refractivity (Wildman–Crippen MR) is 125 cm³/mol. The zero-order valence-electron chi connectivity index (χ0n) is 16.6. The molecule has 0 spiro atoms. The number of fused-ring (bicyclic) bond motifs is 1. The lowest BCUT2D eigenvalue weighted by Crippen LogP contribution is -2.19. The number of nitrogens with zero attached hydrogens (tertiary/aromatic N) is 3. The highest BCUT2D eigenvalue weighted by Gasteiger charge is 2.26. The van der Waals surface area contributed by atoms with Crippen molar-refractivity contribution in [2.24, 2.45) is 5.73 Å². The first-order chi connectivity index (χ1) is 15.0. The van der Waals surface area contributed by atoms with Crippen LogP contribution >= 0.6 is 34.7 Å². The molecule has 0 saturated carbocycles. The van der Waals surface area contributed by atoms with Gasteiger partial charge >= 0.3 is 0 Å². The summed E-state index contributed by atoms with van der Waals surface area (Å²) in [7, 11) is 0. The highest BCUT2D eigenvalue weighted by molar-refractivity contribution is 7.99. The molecule has 4 rings (SSSR count). The van der Waals surface area contributed by atoms with Crippen molar-refractivity contribution in [1.82, 2.24) is 14.8 Å². The lowest BCUT2D eigenvalue weighted by molar-refractivity contribution is -0.113. The fourth-order valence-corrected chi connectivity index (χ4v) is 5.73. The van der Waals surface area contributed by atoms with Crippen LogP contribution in [-0.4, -0.2) is 32.3 Å². The van der Waals surface area contributed by atoms with Crippen molar-refractivity contribution in [1.29, 1.82) is 0 Å². The monoisotopic (exact) mass is 473 g/mol. The van der Waals surface area contributed by atoms with E-state index in [-0.39, 0.29) is 11.7 Å². The van der Waals surface area contributed by atoms with Crippen LogP contribution in [0.2, 0.25) is 5.02 Å². The van der Waals surface area contributed by atoms with E-state index in [1.165, 1.54) is 23.1 Å². The van der Waals surface area contributed by atoms with E-state index in [1.807, 2.05) is 16.7 Å². The number of rotatable bonds is 8. The van der Waals surface area contributed by atoms with E-state index in [4.69, 9.17) is 17.3 Å². The van der Waals surface area contributed by atoms with Crippen LogP contribution in [0.3, 0.4) is 0 Å². The van der Waals surface area contributed by atoms with Gasteiger partial charge in [-0.05, 0) is 49.1 Å². The molecule has 0 bridgehead atoms. The van der Waals surface area contributed by atoms with Crippen LogP contribution in [0, 0.1) is 0 Å². The molecule has 0 atom stereocenters. The summed E-state index contributed by atoms with van der Waals surface area (Å²) < 4.78 is 1.89. The first kappa shape index (κ1) is 21.6. The normalized spacial score (nSPS) is 12.5. The summed E-state index contributed by atoms with van der Waals surface area (Å²) in [5.41, 5.74) is 7.87. The Morgan fingerprint density at radius 2 is 2.06 bits per heavy atom. The topological polar surface area (TPSA) is 103 Å². The molecule has 0 fully saturated rings. The Hall–Kier alpha value is -2.62. The smallest absolute Gasteiger partial charge is 0.251 e. The highest BCUT2D eigenvalue weighted by Crippen LogP contribution is 2.39. The lowest BCUT2D eigenvalue weighted by Gasteiger charge is -2.08. The molecule has 0 saturated heterocycles. The second-order valence-corrected chi connectivity index (χ2v) is 9.46. The third kappa shape index (κ3) is 4.53. The molecule has 31 heavy (non-hydrogen) atoms. The highest BCUT2D eigenvalue weighted by atomic mass is 35.5. The van der Waals surface area contributed by atoms with Crippen LogP contribution in [0.1, 0.15) is 27.2 Å². The van der Waals surface area contributed by atoms with Crippen LogP contribution < -0.4 is 11.1 Å². The van der Waals surface area contributed by atoms with E-state index >= 15 is 0 Å². The molecule has 3 N–H and O–H groups in total. The zero-order valence-corrected chi connectivity index (χ0v) is 18.9. The van der Waals surface area contributed by atoms with Gasteiger partial charge in [-0.2, -0.15) is 0 Å². The molecular weight excluding hydrogens is 454 g/mol. The van der Waals surface area contributed by atoms with Crippen LogP contribution in [0.5, 0.6) is 0 Å². The minimum Gasteiger partial charge on any atom is -0.365 e. The molecular formula is C21H20ClN5O2S2. The Morgan fingerprint density at radius 3 is 2.77 bits per heavy atom. The average Bonchev–Trinajstić information content (AvgIpc) is 3.42. The molecule has 2 heterocycles. The van der Waals surface area contributed by atoms with Crippen molar-refractivity contribution in [2.75, 3.05) is 11.1 Å². The fraction of sp³-hybridized carbons (Fsp3) is 0.238. The molecule has 2 amide bonds. The molecule has 1 aromatic carbocycles. The van der Waals surface area contributed by atoms with Crippen LogP contribution in [0.15, 0.2) is 42.1 Å². The molecule has 0 radical (unpaired) electrons. The van der Waals surface area contributed by atoms with E-state index in [0.717, 1.165) is 35.3 Å². The van der Waals surface area contributed by atoms with Gasteiger partial charge in [-0.1, -0.05) is 29.4 Å². The van der Waals surface area contributed by atoms with Crippen LogP contribution in [0.4, 0.5) is 5.00 Å². The van der Waals surface area contributed by atoms with Gasteiger partial charge in [0.1, 0.15) is 5.00 Å². The molecule has 0 aliphatic heterocycles. The zero-order chi connectivity index (χ0) is 22.0. The number of nitrogens with one attached hydrogen (secondary N) is 1. The maximum Gasteiger partial charge on any atom is 0.251 e. The summed E-state index contributed by atoms with van der Waals surface area (Å²) in [4.78, 5) is 25.6. The van der Waals surface area contributed by atoms with Crippen LogP contribution in [0.25, 0.3) is 11.4 Å². The summed E-state index contributed by atoms with van der Waals surface area (Å²) in [5, 5.41) is 13.2. The molecule has 1 aliphatic carbocycles. The summed E-state index contributed by atoms with van der Waals surface area (Å²) in [6.45, 7) is 4.30. The number of anilines is 1. The number of carbonyl (C=O) groups excluding carboxylic acids is 2. The number of hydrogen-bond acceptors (Lipinski definition) is 6. The summed E-state index contributed by atoms with van der Waals surface area (Å²) >= 11 is 8.69. The van der Waals surface area contributed by atoms with Gasteiger partial charge in [-0.25, -0.2) is 0 Å². The Balaban J connectivity index is 1.48. The number of carbonyl (C=O) groups is 2. The SMILES string of the molecule is C=CCn1c(SCC(=O)Nc2sc3c(c2C(N)=O)CCC3)nnc1-c1ccc(Cl)cc1. The Kier molecular flexibility index (Phi) is 6.45. The Morgan fingerprint density at radius 1 is 1.29 bits per heavy atom. The maximum absolute atomic E-state index is 12.6. The Labute approximate surface area is 192 Å². The summed E-state index contributed by atoms with van der Waals surface area (Å²) in [6.07, 6.45) is 4.51. The molecule has 160 valence electrons. The van der Waals surface area contributed by atoms with Gasteiger partial charge in [0.2, 0.25) is 5.91 Å². The number of benzene rings is 1. The maximum atomic E-state index is 12.6. The number of allylic oxidation sites excluding steroid dienone is 1. The number of aromatic nitrogens is 3. The van der Waals surface area contributed by atoms with Gasteiger partial charge in [-0.3, -0.25) is 14.2 Å². The second-order valence-electron chi connectivity index (χ2n) is 6.97. The average molecular weight is 474 g/mol. The minimum absolute atomic E-state index is 0.122. The number of thiophene rings is 1. The number of hydrogen-bond donors (Lipinski definition) is 2.